The normalized spacial score (nSPS) is 12.3. The van der Waals surface area contributed by atoms with E-state index in [0.717, 1.165) is 11.3 Å². The first-order valence-electron chi connectivity index (χ1n) is 6.36. The fraction of sp³-hybridized carbons (Fsp3) is 0.500. The van der Waals surface area contributed by atoms with E-state index in [-0.39, 0.29) is 11.9 Å². The molecule has 0 saturated heterocycles. The molecule has 1 amide bonds. The quantitative estimate of drug-likeness (QED) is 0.540. The Labute approximate surface area is 114 Å². The average molecular weight is 265 g/mol. The molecular weight excluding hydrogens is 242 g/mol. The number of hydrogen-bond donors (Lipinski definition) is 3. The molecule has 0 aliphatic heterocycles. The predicted molar refractivity (Wildman–Crippen MR) is 77.0 cm³/mol. The molecule has 0 heterocycles. The summed E-state index contributed by atoms with van der Waals surface area (Å²) >= 11 is 0. The molecule has 1 unspecified atom stereocenters. The molecule has 4 N–H and O–H groups in total. The number of anilines is 1. The third-order valence-electron chi connectivity index (χ3n) is 3.11. The van der Waals surface area contributed by atoms with E-state index in [2.05, 4.69) is 24.6 Å². The van der Waals surface area contributed by atoms with Crippen molar-refractivity contribution in [2.45, 2.75) is 26.8 Å². The molecule has 1 aromatic carbocycles. The van der Waals surface area contributed by atoms with Crippen molar-refractivity contribution < 1.29 is 9.53 Å². The van der Waals surface area contributed by atoms with E-state index >= 15 is 0 Å². The van der Waals surface area contributed by atoms with Gasteiger partial charge in [0.1, 0.15) is 0 Å². The highest BCUT2D eigenvalue weighted by Gasteiger charge is 2.18. The number of nitrogens with two attached hydrogens (primary N) is 1. The van der Waals surface area contributed by atoms with Crippen LogP contribution in [-0.4, -0.2) is 25.7 Å². The van der Waals surface area contributed by atoms with E-state index in [1.165, 1.54) is 0 Å². The van der Waals surface area contributed by atoms with E-state index in [1.54, 1.807) is 19.2 Å². The van der Waals surface area contributed by atoms with Crippen LogP contribution >= 0.6 is 0 Å². The molecule has 0 saturated carbocycles. The Bertz CT molecular complexity index is 433. The van der Waals surface area contributed by atoms with Crippen LogP contribution in [0.25, 0.3) is 0 Å². The lowest BCUT2D eigenvalue weighted by Crippen LogP contribution is -2.41. The van der Waals surface area contributed by atoms with E-state index in [9.17, 15) is 4.79 Å². The van der Waals surface area contributed by atoms with Crippen LogP contribution in [0.15, 0.2) is 18.2 Å². The van der Waals surface area contributed by atoms with Crippen molar-refractivity contribution in [2.75, 3.05) is 19.1 Å². The minimum absolute atomic E-state index is 0.00390. The number of carbonyl (C=O) groups excluding carboxylic acids is 1. The van der Waals surface area contributed by atoms with E-state index < -0.39 is 0 Å². The highest BCUT2D eigenvalue weighted by atomic mass is 16.5. The van der Waals surface area contributed by atoms with Crippen LogP contribution in [0, 0.1) is 12.8 Å². The fourth-order valence-corrected chi connectivity index (χ4v) is 1.83. The molecule has 19 heavy (non-hydrogen) atoms. The summed E-state index contributed by atoms with van der Waals surface area (Å²) in [6.45, 7) is 6.50. The van der Waals surface area contributed by atoms with Crippen molar-refractivity contribution in [1.82, 2.24) is 5.32 Å². The van der Waals surface area contributed by atoms with E-state index in [0.29, 0.717) is 18.1 Å². The molecule has 0 aliphatic carbocycles. The second kappa shape index (κ2) is 7.11. The molecule has 0 aliphatic rings. The highest BCUT2D eigenvalue weighted by molar-refractivity contribution is 5.96. The molecule has 0 aromatic heterocycles. The molecule has 0 spiro atoms. The Morgan fingerprint density at radius 3 is 2.58 bits per heavy atom. The lowest BCUT2D eigenvalue weighted by molar-refractivity contribution is 0.0866. The molecule has 5 nitrogen and oxygen atoms in total. The number of methoxy groups -OCH3 is 1. The second-order valence-corrected chi connectivity index (χ2v) is 4.95. The highest BCUT2D eigenvalue weighted by Crippen LogP contribution is 2.15. The van der Waals surface area contributed by atoms with Gasteiger partial charge in [-0.3, -0.25) is 10.6 Å². The third kappa shape index (κ3) is 4.22. The van der Waals surface area contributed by atoms with E-state index in [1.807, 2.05) is 13.0 Å². The standard InChI is InChI=1S/C14H23N3O2/c1-9(2)13(8-19-4)16-14(18)12-6-5-11(17-15)7-10(12)3/h5-7,9,13,17H,8,15H2,1-4H3,(H,16,18). The maximum Gasteiger partial charge on any atom is 0.251 e. The summed E-state index contributed by atoms with van der Waals surface area (Å²) in [4.78, 5) is 12.2. The summed E-state index contributed by atoms with van der Waals surface area (Å²) in [6.07, 6.45) is 0. The number of hydrogen-bond acceptors (Lipinski definition) is 4. The van der Waals surface area contributed by atoms with Crippen molar-refractivity contribution in [3.63, 3.8) is 0 Å². The van der Waals surface area contributed by atoms with Gasteiger partial charge in [0.2, 0.25) is 0 Å². The zero-order valence-corrected chi connectivity index (χ0v) is 12.0. The van der Waals surface area contributed by atoms with Gasteiger partial charge in [-0.05, 0) is 36.6 Å². The van der Waals surface area contributed by atoms with Gasteiger partial charge in [-0.25, -0.2) is 0 Å². The van der Waals surface area contributed by atoms with Gasteiger partial charge < -0.3 is 15.5 Å². The molecule has 0 fully saturated rings. The monoisotopic (exact) mass is 265 g/mol. The Hall–Kier alpha value is -1.59. The van der Waals surface area contributed by atoms with Gasteiger partial charge in [-0.1, -0.05) is 13.8 Å². The Balaban J connectivity index is 2.82. The summed E-state index contributed by atoms with van der Waals surface area (Å²) in [6, 6.07) is 5.40. The van der Waals surface area contributed by atoms with Crippen LogP contribution < -0.4 is 16.6 Å². The number of nitrogen functional groups attached to an aromatic ring is 1. The van der Waals surface area contributed by atoms with Crippen LogP contribution in [-0.2, 0) is 4.74 Å². The summed E-state index contributed by atoms with van der Waals surface area (Å²) in [5.74, 6) is 5.57. The SMILES string of the molecule is COCC(NC(=O)c1ccc(NN)cc1C)C(C)C. The minimum atomic E-state index is -0.0863. The first-order valence-corrected chi connectivity index (χ1v) is 6.36. The lowest BCUT2D eigenvalue weighted by atomic mass is 10.0. The molecule has 5 heteroatoms. The number of benzene rings is 1. The smallest absolute Gasteiger partial charge is 0.251 e. The zero-order chi connectivity index (χ0) is 14.4. The molecule has 0 radical (unpaired) electrons. The second-order valence-electron chi connectivity index (χ2n) is 4.95. The number of hydrazine groups is 1. The Morgan fingerprint density at radius 2 is 2.11 bits per heavy atom. The van der Waals surface area contributed by atoms with Crippen LogP contribution in [0.4, 0.5) is 5.69 Å². The van der Waals surface area contributed by atoms with Crippen molar-refractivity contribution in [1.29, 1.82) is 0 Å². The molecular formula is C14H23N3O2. The van der Waals surface area contributed by atoms with Crippen molar-refractivity contribution in [3.05, 3.63) is 29.3 Å². The molecule has 0 bridgehead atoms. The number of aryl methyl sites for hydroxylation is 1. The lowest BCUT2D eigenvalue weighted by Gasteiger charge is -2.22. The van der Waals surface area contributed by atoms with Gasteiger partial charge in [0.15, 0.2) is 0 Å². The molecule has 1 atom stereocenters. The minimum Gasteiger partial charge on any atom is -0.383 e. The van der Waals surface area contributed by atoms with Gasteiger partial charge in [0, 0.05) is 18.4 Å². The number of carbonyl (C=O) groups is 1. The van der Waals surface area contributed by atoms with Crippen LogP contribution in [0.2, 0.25) is 0 Å². The summed E-state index contributed by atoms with van der Waals surface area (Å²) in [5, 5.41) is 3.00. The summed E-state index contributed by atoms with van der Waals surface area (Å²) in [5.41, 5.74) is 4.88. The van der Waals surface area contributed by atoms with Crippen molar-refractivity contribution >= 4 is 11.6 Å². The number of ether oxygens (including phenoxy) is 1. The summed E-state index contributed by atoms with van der Waals surface area (Å²) in [7, 11) is 1.63. The van der Waals surface area contributed by atoms with E-state index in [4.69, 9.17) is 10.6 Å². The molecule has 1 rings (SSSR count). The topological polar surface area (TPSA) is 76.4 Å². The number of amides is 1. The van der Waals surface area contributed by atoms with Gasteiger partial charge in [-0.2, -0.15) is 0 Å². The van der Waals surface area contributed by atoms with Crippen LogP contribution in [0.3, 0.4) is 0 Å². The summed E-state index contributed by atoms with van der Waals surface area (Å²) < 4.78 is 5.13. The number of nitrogens with one attached hydrogen (secondary N) is 2. The maximum atomic E-state index is 12.2. The van der Waals surface area contributed by atoms with Crippen LogP contribution in [0.5, 0.6) is 0 Å². The molecule has 1 aromatic rings. The van der Waals surface area contributed by atoms with Gasteiger partial charge >= 0.3 is 0 Å². The molecule has 106 valence electrons. The average Bonchev–Trinajstić information content (AvgIpc) is 2.37. The van der Waals surface area contributed by atoms with Gasteiger partial charge in [0.25, 0.3) is 5.91 Å². The maximum absolute atomic E-state index is 12.2. The number of rotatable bonds is 6. The predicted octanol–water partition coefficient (Wildman–Crippen LogP) is 1.68. The Kier molecular flexibility index (Phi) is 5.79. The Morgan fingerprint density at radius 1 is 1.42 bits per heavy atom. The first kappa shape index (κ1) is 15.5. The first-order chi connectivity index (χ1) is 8.99. The van der Waals surface area contributed by atoms with Crippen molar-refractivity contribution in [3.8, 4) is 0 Å². The largest absolute Gasteiger partial charge is 0.383 e. The van der Waals surface area contributed by atoms with Gasteiger partial charge in [-0.15, -0.1) is 0 Å². The zero-order valence-electron chi connectivity index (χ0n) is 12.0. The van der Waals surface area contributed by atoms with Crippen molar-refractivity contribution in [2.24, 2.45) is 11.8 Å². The van der Waals surface area contributed by atoms with Crippen LogP contribution in [0.1, 0.15) is 29.8 Å². The fourth-order valence-electron chi connectivity index (χ4n) is 1.83. The van der Waals surface area contributed by atoms with Gasteiger partial charge in [0.05, 0.1) is 12.6 Å². The third-order valence-corrected chi connectivity index (χ3v) is 3.11.